The molecule has 4 nitrogen and oxygen atoms in total. The predicted octanol–water partition coefficient (Wildman–Crippen LogP) is 2.24. The normalized spacial score (nSPS) is 20.3. The fourth-order valence-corrected chi connectivity index (χ4v) is 2.57. The summed E-state index contributed by atoms with van der Waals surface area (Å²) in [5, 5.41) is 4.49. The van der Waals surface area contributed by atoms with Crippen LogP contribution in [0.25, 0.3) is 11.0 Å². The third kappa shape index (κ3) is 1.82. The highest BCUT2D eigenvalue weighted by molar-refractivity contribution is 5.91. The quantitative estimate of drug-likeness (QED) is 0.882. The molecule has 1 aromatic carbocycles. The zero-order valence-corrected chi connectivity index (χ0v) is 10.8. The Labute approximate surface area is 107 Å². The van der Waals surface area contributed by atoms with Gasteiger partial charge < -0.3 is 19.4 Å². The number of nitrogens with one attached hydrogen (secondary N) is 1. The first-order valence-electron chi connectivity index (χ1n) is 6.32. The van der Waals surface area contributed by atoms with Crippen LogP contribution in [0.1, 0.15) is 6.92 Å². The van der Waals surface area contributed by atoms with Crippen molar-refractivity contribution in [2.45, 2.75) is 13.0 Å². The van der Waals surface area contributed by atoms with Gasteiger partial charge in [-0.2, -0.15) is 0 Å². The molecule has 0 spiro atoms. The van der Waals surface area contributed by atoms with Crippen molar-refractivity contribution in [1.82, 2.24) is 5.32 Å². The SMILES string of the molecule is COc1cc(N2CCNC[C@@H]2C)c2occc2c1. The van der Waals surface area contributed by atoms with E-state index in [0.29, 0.717) is 6.04 Å². The minimum Gasteiger partial charge on any atom is -0.497 e. The van der Waals surface area contributed by atoms with Gasteiger partial charge in [0.25, 0.3) is 0 Å². The summed E-state index contributed by atoms with van der Waals surface area (Å²) in [5.74, 6) is 0.879. The van der Waals surface area contributed by atoms with Gasteiger partial charge in [0.1, 0.15) is 5.75 Å². The van der Waals surface area contributed by atoms with E-state index in [1.165, 1.54) is 0 Å². The van der Waals surface area contributed by atoms with Gasteiger partial charge in [-0.25, -0.2) is 0 Å². The number of rotatable bonds is 2. The van der Waals surface area contributed by atoms with Crippen LogP contribution in [0.4, 0.5) is 5.69 Å². The number of hydrogen-bond donors (Lipinski definition) is 1. The summed E-state index contributed by atoms with van der Waals surface area (Å²) in [6, 6.07) is 6.51. The van der Waals surface area contributed by atoms with Crippen molar-refractivity contribution in [2.24, 2.45) is 0 Å². The number of methoxy groups -OCH3 is 1. The maximum absolute atomic E-state index is 5.63. The van der Waals surface area contributed by atoms with Crippen LogP contribution in [0.3, 0.4) is 0 Å². The van der Waals surface area contributed by atoms with Gasteiger partial charge in [-0.05, 0) is 19.1 Å². The number of ether oxygens (including phenoxy) is 1. The van der Waals surface area contributed by atoms with Crippen molar-refractivity contribution < 1.29 is 9.15 Å². The highest BCUT2D eigenvalue weighted by atomic mass is 16.5. The van der Waals surface area contributed by atoms with E-state index in [4.69, 9.17) is 9.15 Å². The molecule has 2 aromatic rings. The first kappa shape index (κ1) is 11.4. The Hall–Kier alpha value is -1.68. The fraction of sp³-hybridized carbons (Fsp3) is 0.429. The second kappa shape index (κ2) is 4.53. The van der Waals surface area contributed by atoms with E-state index >= 15 is 0 Å². The van der Waals surface area contributed by atoms with E-state index in [9.17, 15) is 0 Å². The lowest BCUT2D eigenvalue weighted by atomic mass is 10.1. The van der Waals surface area contributed by atoms with E-state index in [2.05, 4.69) is 23.2 Å². The number of piperazine rings is 1. The lowest BCUT2D eigenvalue weighted by Crippen LogP contribution is -2.50. The lowest BCUT2D eigenvalue weighted by Gasteiger charge is -2.35. The second-order valence-electron chi connectivity index (χ2n) is 4.73. The molecule has 3 rings (SSSR count). The fourth-order valence-electron chi connectivity index (χ4n) is 2.57. The second-order valence-corrected chi connectivity index (χ2v) is 4.73. The highest BCUT2D eigenvalue weighted by Gasteiger charge is 2.22. The summed E-state index contributed by atoms with van der Waals surface area (Å²) in [5.41, 5.74) is 2.08. The molecule has 2 heterocycles. The number of nitrogens with zero attached hydrogens (tertiary/aromatic N) is 1. The van der Waals surface area contributed by atoms with Gasteiger partial charge in [0, 0.05) is 37.1 Å². The lowest BCUT2D eigenvalue weighted by molar-refractivity contribution is 0.414. The van der Waals surface area contributed by atoms with Gasteiger partial charge in [0.15, 0.2) is 5.58 Å². The average Bonchev–Trinajstić information content (AvgIpc) is 2.86. The van der Waals surface area contributed by atoms with Gasteiger partial charge in [0.2, 0.25) is 0 Å². The van der Waals surface area contributed by atoms with E-state index in [1.807, 2.05) is 12.1 Å². The molecule has 1 aliphatic rings. The van der Waals surface area contributed by atoms with Gasteiger partial charge in [0.05, 0.1) is 19.1 Å². The Balaban J connectivity index is 2.10. The van der Waals surface area contributed by atoms with Crippen molar-refractivity contribution in [3.8, 4) is 5.75 Å². The number of benzene rings is 1. The van der Waals surface area contributed by atoms with Crippen LogP contribution in [0.2, 0.25) is 0 Å². The minimum absolute atomic E-state index is 0.458. The molecule has 0 unspecified atom stereocenters. The molecule has 0 aliphatic carbocycles. The summed E-state index contributed by atoms with van der Waals surface area (Å²) in [4.78, 5) is 2.38. The molecule has 1 N–H and O–H groups in total. The third-order valence-electron chi connectivity index (χ3n) is 3.55. The van der Waals surface area contributed by atoms with Gasteiger partial charge in [-0.3, -0.25) is 0 Å². The Bertz CT molecular complexity index is 550. The summed E-state index contributed by atoms with van der Waals surface area (Å²) in [7, 11) is 1.70. The van der Waals surface area contributed by atoms with Crippen molar-refractivity contribution in [3.63, 3.8) is 0 Å². The van der Waals surface area contributed by atoms with E-state index in [1.54, 1.807) is 13.4 Å². The van der Waals surface area contributed by atoms with Crippen LogP contribution in [-0.2, 0) is 0 Å². The Kier molecular flexibility index (Phi) is 2.88. The van der Waals surface area contributed by atoms with Gasteiger partial charge in [-0.15, -0.1) is 0 Å². The molecular weight excluding hydrogens is 228 g/mol. The molecule has 0 amide bonds. The predicted molar refractivity (Wildman–Crippen MR) is 72.4 cm³/mol. The highest BCUT2D eigenvalue weighted by Crippen LogP contribution is 2.34. The standard InChI is InChI=1S/C14H18N2O2/c1-10-9-15-4-5-16(10)13-8-12(17-2)7-11-3-6-18-14(11)13/h3,6-8,10,15H,4-5,9H2,1-2H3/t10-/m0/s1. The van der Waals surface area contributed by atoms with Crippen LogP contribution in [0.5, 0.6) is 5.75 Å². The monoisotopic (exact) mass is 246 g/mol. The Morgan fingerprint density at radius 3 is 3.11 bits per heavy atom. The first-order chi connectivity index (χ1) is 8.79. The number of hydrogen-bond acceptors (Lipinski definition) is 4. The van der Waals surface area contributed by atoms with Crippen molar-refractivity contribution in [3.05, 3.63) is 24.5 Å². The summed E-state index contributed by atoms with van der Waals surface area (Å²) >= 11 is 0. The Morgan fingerprint density at radius 1 is 1.44 bits per heavy atom. The molecule has 18 heavy (non-hydrogen) atoms. The summed E-state index contributed by atoms with van der Waals surface area (Å²) in [6.07, 6.45) is 1.74. The number of anilines is 1. The maximum atomic E-state index is 5.63. The third-order valence-corrected chi connectivity index (χ3v) is 3.55. The molecule has 0 bridgehead atoms. The van der Waals surface area contributed by atoms with Crippen LogP contribution in [0.15, 0.2) is 28.9 Å². The van der Waals surface area contributed by atoms with Crippen LogP contribution < -0.4 is 15.0 Å². The van der Waals surface area contributed by atoms with E-state index in [0.717, 1.165) is 42.0 Å². The summed E-state index contributed by atoms with van der Waals surface area (Å²) in [6.45, 7) is 5.22. The molecule has 1 aromatic heterocycles. The number of furan rings is 1. The smallest absolute Gasteiger partial charge is 0.157 e. The van der Waals surface area contributed by atoms with E-state index in [-0.39, 0.29) is 0 Å². The Morgan fingerprint density at radius 2 is 2.33 bits per heavy atom. The molecule has 1 saturated heterocycles. The van der Waals surface area contributed by atoms with Crippen molar-refractivity contribution >= 4 is 16.7 Å². The van der Waals surface area contributed by atoms with Crippen molar-refractivity contribution in [2.75, 3.05) is 31.6 Å². The molecule has 0 radical (unpaired) electrons. The minimum atomic E-state index is 0.458. The molecule has 1 fully saturated rings. The van der Waals surface area contributed by atoms with Crippen LogP contribution in [-0.4, -0.2) is 32.8 Å². The molecule has 1 atom stereocenters. The average molecular weight is 246 g/mol. The molecule has 96 valence electrons. The maximum Gasteiger partial charge on any atom is 0.157 e. The largest absolute Gasteiger partial charge is 0.497 e. The van der Waals surface area contributed by atoms with E-state index < -0.39 is 0 Å². The van der Waals surface area contributed by atoms with Crippen LogP contribution in [0, 0.1) is 0 Å². The number of fused-ring (bicyclic) bond motifs is 1. The van der Waals surface area contributed by atoms with Crippen LogP contribution >= 0.6 is 0 Å². The molecule has 4 heteroatoms. The molecular formula is C14H18N2O2. The zero-order valence-electron chi connectivity index (χ0n) is 10.8. The topological polar surface area (TPSA) is 37.6 Å². The molecule has 0 saturated carbocycles. The van der Waals surface area contributed by atoms with Gasteiger partial charge in [-0.1, -0.05) is 0 Å². The summed E-state index contributed by atoms with van der Waals surface area (Å²) < 4.78 is 11.0. The van der Waals surface area contributed by atoms with Crippen molar-refractivity contribution in [1.29, 1.82) is 0 Å². The molecule has 1 aliphatic heterocycles. The van der Waals surface area contributed by atoms with Gasteiger partial charge >= 0.3 is 0 Å². The zero-order chi connectivity index (χ0) is 12.5. The first-order valence-corrected chi connectivity index (χ1v) is 6.32.